The van der Waals surface area contributed by atoms with E-state index in [9.17, 15) is 4.79 Å². The summed E-state index contributed by atoms with van der Waals surface area (Å²) in [4.78, 5) is 16.7. The van der Waals surface area contributed by atoms with Crippen LogP contribution in [0, 0.1) is 0 Å². The molecule has 1 aromatic heterocycles. The summed E-state index contributed by atoms with van der Waals surface area (Å²) < 4.78 is 6.16. The van der Waals surface area contributed by atoms with Crippen LogP contribution in [0.4, 0.5) is 0 Å². The SMILES string of the molecule is O=C(NC[C@H]1Cc2cccc(-c3ccccn3)c2O1)C1=CCCCC1. The van der Waals surface area contributed by atoms with Gasteiger partial charge in [0, 0.05) is 23.8 Å². The molecule has 1 atom stereocenters. The van der Waals surface area contributed by atoms with Crippen molar-refractivity contribution in [1.82, 2.24) is 10.3 Å². The van der Waals surface area contributed by atoms with Crippen molar-refractivity contribution < 1.29 is 9.53 Å². The summed E-state index contributed by atoms with van der Waals surface area (Å²) in [5.41, 5.74) is 4.04. The standard InChI is InChI=1S/C21H22N2O2/c24-21(15-7-2-1-3-8-15)23-14-17-13-16-9-6-10-18(20(16)25-17)19-11-4-5-12-22-19/h4-7,9-12,17H,1-3,8,13-14H2,(H,23,24)/t17-/m1/s1. The number of amides is 1. The van der Waals surface area contributed by atoms with Gasteiger partial charge in [0.1, 0.15) is 11.9 Å². The molecule has 1 aliphatic carbocycles. The van der Waals surface area contributed by atoms with Gasteiger partial charge in [-0.15, -0.1) is 0 Å². The van der Waals surface area contributed by atoms with Crippen molar-refractivity contribution in [2.75, 3.05) is 6.54 Å². The van der Waals surface area contributed by atoms with Gasteiger partial charge in [-0.05, 0) is 49.4 Å². The fourth-order valence-corrected chi connectivity index (χ4v) is 3.54. The molecule has 0 saturated heterocycles. The number of para-hydroxylation sites is 1. The maximum Gasteiger partial charge on any atom is 0.247 e. The Kier molecular flexibility index (Phi) is 4.51. The third kappa shape index (κ3) is 3.43. The fourth-order valence-electron chi connectivity index (χ4n) is 3.54. The number of aromatic nitrogens is 1. The van der Waals surface area contributed by atoms with Crippen LogP contribution in [-0.4, -0.2) is 23.5 Å². The van der Waals surface area contributed by atoms with Crippen LogP contribution in [0.2, 0.25) is 0 Å². The van der Waals surface area contributed by atoms with Crippen molar-refractivity contribution >= 4 is 5.91 Å². The van der Waals surface area contributed by atoms with Crippen LogP contribution in [0.25, 0.3) is 11.3 Å². The number of allylic oxidation sites excluding steroid dienone is 1. The number of hydrogen-bond donors (Lipinski definition) is 1. The van der Waals surface area contributed by atoms with Gasteiger partial charge in [-0.2, -0.15) is 0 Å². The predicted molar refractivity (Wildman–Crippen MR) is 97.4 cm³/mol. The lowest BCUT2D eigenvalue weighted by Gasteiger charge is -2.16. The minimum atomic E-state index is -0.0204. The molecule has 0 spiro atoms. The second-order valence-electron chi connectivity index (χ2n) is 6.64. The molecule has 0 saturated carbocycles. The smallest absolute Gasteiger partial charge is 0.247 e. The Hall–Kier alpha value is -2.62. The van der Waals surface area contributed by atoms with Gasteiger partial charge in [0.15, 0.2) is 0 Å². The summed E-state index contributed by atoms with van der Waals surface area (Å²) >= 11 is 0. The first kappa shape index (κ1) is 15.9. The molecule has 4 nitrogen and oxygen atoms in total. The van der Waals surface area contributed by atoms with E-state index in [0.717, 1.165) is 48.3 Å². The first-order valence-electron chi connectivity index (χ1n) is 8.98. The lowest BCUT2D eigenvalue weighted by atomic mass is 9.99. The molecule has 2 aliphatic rings. The monoisotopic (exact) mass is 334 g/mol. The van der Waals surface area contributed by atoms with Gasteiger partial charge in [-0.3, -0.25) is 9.78 Å². The van der Waals surface area contributed by atoms with Gasteiger partial charge in [0.05, 0.1) is 12.2 Å². The molecule has 25 heavy (non-hydrogen) atoms. The molecule has 2 heterocycles. The highest BCUT2D eigenvalue weighted by molar-refractivity contribution is 5.93. The number of benzene rings is 1. The summed E-state index contributed by atoms with van der Waals surface area (Å²) in [6.07, 6.45) is 8.86. The van der Waals surface area contributed by atoms with E-state index in [-0.39, 0.29) is 12.0 Å². The average molecular weight is 334 g/mol. The van der Waals surface area contributed by atoms with E-state index in [1.807, 2.05) is 30.3 Å². The molecule has 4 rings (SSSR count). The molecule has 1 aromatic carbocycles. The third-order valence-electron chi connectivity index (χ3n) is 4.84. The van der Waals surface area contributed by atoms with Crippen LogP contribution in [-0.2, 0) is 11.2 Å². The molecule has 1 aliphatic heterocycles. The zero-order valence-electron chi connectivity index (χ0n) is 14.2. The minimum absolute atomic E-state index is 0.0204. The van der Waals surface area contributed by atoms with Gasteiger partial charge >= 0.3 is 0 Å². The van der Waals surface area contributed by atoms with E-state index in [1.165, 1.54) is 12.0 Å². The number of hydrogen-bond acceptors (Lipinski definition) is 3. The molecule has 2 aromatic rings. The topological polar surface area (TPSA) is 51.2 Å². The van der Waals surface area contributed by atoms with Crippen LogP contribution in [0.5, 0.6) is 5.75 Å². The minimum Gasteiger partial charge on any atom is -0.487 e. The lowest BCUT2D eigenvalue weighted by Crippen LogP contribution is -2.35. The van der Waals surface area contributed by atoms with Crippen molar-refractivity contribution in [3.63, 3.8) is 0 Å². The number of fused-ring (bicyclic) bond motifs is 1. The maximum absolute atomic E-state index is 12.3. The quantitative estimate of drug-likeness (QED) is 0.928. The molecular weight excluding hydrogens is 312 g/mol. The van der Waals surface area contributed by atoms with E-state index >= 15 is 0 Å². The van der Waals surface area contributed by atoms with E-state index < -0.39 is 0 Å². The number of carbonyl (C=O) groups is 1. The second kappa shape index (κ2) is 7.09. The highest BCUT2D eigenvalue weighted by Crippen LogP contribution is 2.37. The van der Waals surface area contributed by atoms with Crippen molar-refractivity contribution in [2.45, 2.75) is 38.2 Å². The molecule has 0 fully saturated rings. The number of pyridine rings is 1. The summed E-state index contributed by atoms with van der Waals surface area (Å²) in [5.74, 6) is 0.960. The second-order valence-corrected chi connectivity index (χ2v) is 6.64. The number of nitrogens with one attached hydrogen (secondary N) is 1. The Labute approximate surface area is 147 Å². The van der Waals surface area contributed by atoms with Crippen LogP contribution in [0.1, 0.15) is 31.2 Å². The van der Waals surface area contributed by atoms with Crippen molar-refractivity contribution in [3.8, 4) is 17.0 Å². The molecule has 0 unspecified atom stereocenters. The molecule has 128 valence electrons. The van der Waals surface area contributed by atoms with Gasteiger partial charge in [-0.1, -0.05) is 24.3 Å². The number of rotatable bonds is 4. The largest absolute Gasteiger partial charge is 0.487 e. The van der Waals surface area contributed by atoms with E-state index in [0.29, 0.717) is 6.54 Å². The fraction of sp³-hybridized carbons (Fsp3) is 0.333. The number of ether oxygens (including phenoxy) is 1. The van der Waals surface area contributed by atoms with E-state index in [1.54, 1.807) is 6.20 Å². The summed E-state index contributed by atoms with van der Waals surface area (Å²) in [7, 11) is 0. The van der Waals surface area contributed by atoms with Crippen LogP contribution >= 0.6 is 0 Å². The summed E-state index contributed by atoms with van der Waals surface area (Å²) in [6.45, 7) is 0.534. The van der Waals surface area contributed by atoms with Crippen molar-refractivity contribution in [2.24, 2.45) is 0 Å². The third-order valence-corrected chi connectivity index (χ3v) is 4.84. The van der Waals surface area contributed by atoms with Crippen LogP contribution in [0.3, 0.4) is 0 Å². The molecule has 1 amide bonds. The van der Waals surface area contributed by atoms with Gasteiger partial charge in [-0.25, -0.2) is 0 Å². The zero-order chi connectivity index (χ0) is 17.1. The Morgan fingerprint density at radius 3 is 2.96 bits per heavy atom. The first-order valence-corrected chi connectivity index (χ1v) is 8.98. The molecular formula is C21H22N2O2. The van der Waals surface area contributed by atoms with Crippen molar-refractivity contribution in [1.29, 1.82) is 0 Å². The van der Waals surface area contributed by atoms with Crippen molar-refractivity contribution in [3.05, 3.63) is 59.8 Å². The summed E-state index contributed by atoms with van der Waals surface area (Å²) in [6, 6.07) is 12.0. The molecule has 4 heteroatoms. The van der Waals surface area contributed by atoms with E-state index in [2.05, 4.69) is 22.4 Å². The van der Waals surface area contributed by atoms with Crippen LogP contribution < -0.4 is 10.1 Å². The molecule has 0 bridgehead atoms. The molecule has 1 N–H and O–H groups in total. The lowest BCUT2D eigenvalue weighted by molar-refractivity contribution is -0.118. The predicted octanol–water partition coefficient (Wildman–Crippen LogP) is 3.67. The normalized spacial score (nSPS) is 18.9. The number of carbonyl (C=O) groups excluding carboxylic acids is 1. The van der Waals surface area contributed by atoms with Gasteiger partial charge < -0.3 is 10.1 Å². The van der Waals surface area contributed by atoms with E-state index in [4.69, 9.17) is 4.74 Å². The Balaban J connectivity index is 1.43. The zero-order valence-corrected chi connectivity index (χ0v) is 14.2. The van der Waals surface area contributed by atoms with Gasteiger partial charge in [0.2, 0.25) is 5.91 Å². The highest BCUT2D eigenvalue weighted by atomic mass is 16.5. The Morgan fingerprint density at radius 1 is 1.20 bits per heavy atom. The highest BCUT2D eigenvalue weighted by Gasteiger charge is 2.26. The Morgan fingerprint density at radius 2 is 2.16 bits per heavy atom. The molecule has 0 radical (unpaired) electrons. The Bertz CT molecular complexity index is 799. The first-order chi connectivity index (χ1) is 12.3. The van der Waals surface area contributed by atoms with Gasteiger partial charge in [0.25, 0.3) is 0 Å². The number of nitrogens with zero attached hydrogens (tertiary/aromatic N) is 1. The van der Waals surface area contributed by atoms with Crippen LogP contribution in [0.15, 0.2) is 54.2 Å². The average Bonchev–Trinajstić information content (AvgIpc) is 3.10. The maximum atomic E-state index is 12.3. The summed E-state index contributed by atoms with van der Waals surface area (Å²) in [5, 5.41) is 3.04.